The van der Waals surface area contributed by atoms with Crippen molar-refractivity contribution in [3.05, 3.63) is 82.4 Å². The van der Waals surface area contributed by atoms with Crippen LogP contribution in [0.1, 0.15) is 32.9 Å². The number of hydrogen-bond acceptors (Lipinski definition) is 2. The quantitative estimate of drug-likeness (QED) is 0.540. The van der Waals surface area contributed by atoms with E-state index in [2.05, 4.69) is 11.4 Å². The minimum atomic E-state index is -0.748. The molecule has 3 rings (SSSR count). The van der Waals surface area contributed by atoms with Gasteiger partial charge in [0.1, 0.15) is 5.82 Å². The van der Waals surface area contributed by atoms with E-state index in [1.54, 1.807) is 6.07 Å². The molecule has 0 aliphatic rings. The second-order valence-corrected chi connectivity index (χ2v) is 6.68. The van der Waals surface area contributed by atoms with Crippen LogP contribution in [0.5, 0.6) is 0 Å². The number of halogens is 1. The molecule has 1 N–H and O–H groups in total. The van der Waals surface area contributed by atoms with Gasteiger partial charge in [0.25, 0.3) is 11.7 Å². The van der Waals surface area contributed by atoms with Crippen LogP contribution in [0.3, 0.4) is 0 Å². The van der Waals surface area contributed by atoms with E-state index in [0.717, 1.165) is 16.9 Å². The van der Waals surface area contributed by atoms with Crippen LogP contribution in [0, 0.1) is 33.5 Å². The van der Waals surface area contributed by atoms with Crippen molar-refractivity contribution in [3.63, 3.8) is 0 Å². The number of hydrogen-bond donors (Lipinski definition) is 1. The molecule has 0 saturated carbocycles. The summed E-state index contributed by atoms with van der Waals surface area (Å²) in [6, 6.07) is 13.1. The summed E-state index contributed by atoms with van der Waals surface area (Å²) >= 11 is 0. The van der Waals surface area contributed by atoms with Crippen LogP contribution in [0.4, 0.5) is 10.1 Å². The van der Waals surface area contributed by atoms with E-state index in [-0.39, 0.29) is 0 Å². The fraction of sp³-hybridized carbons (Fsp3) is 0.182. The van der Waals surface area contributed by atoms with E-state index in [4.69, 9.17) is 0 Å². The van der Waals surface area contributed by atoms with Crippen LogP contribution in [0.25, 0.3) is 5.69 Å². The maximum Gasteiger partial charge on any atom is 0.296 e. The van der Waals surface area contributed by atoms with E-state index in [1.165, 1.54) is 29.8 Å². The molecule has 27 heavy (non-hydrogen) atoms. The fourth-order valence-electron chi connectivity index (χ4n) is 3.10. The van der Waals surface area contributed by atoms with Gasteiger partial charge in [-0.25, -0.2) is 4.39 Å². The zero-order valence-corrected chi connectivity index (χ0v) is 15.8. The minimum Gasteiger partial charge on any atom is -0.319 e. The van der Waals surface area contributed by atoms with E-state index in [0.29, 0.717) is 16.9 Å². The topological polar surface area (TPSA) is 51.1 Å². The Balaban J connectivity index is 1.90. The third kappa shape index (κ3) is 3.67. The van der Waals surface area contributed by atoms with Crippen LogP contribution in [-0.4, -0.2) is 16.3 Å². The number of rotatable bonds is 4. The van der Waals surface area contributed by atoms with Gasteiger partial charge in [-0.15, -0.1) is 0 Å². The number of benzene rings is 2. The number of amides is 1. The van der Waals surface area contributed by atoms with Crippen LogP contribution < -0.4 is 5.32 Å². The van der Waals surface area contributed by atoms with Crippen molar-refractivity contribution in [1.82, 2.24) is 4.57 Å². The average Bonchev–Trinajstić information content (AvgIpc) is 2.93. The highest BCUT2D eigenvalue weighted by molar-refractivity contribution is 6.46. The van der Waals surface area contributed by atoms with Crippen molar-refractivity contribution < 1.29 is 14.0 Å². The average molecular weight is 364 g/mol. The van der Waals surface area contributed by atoms with E-state index in [9.17, 15) is 14.0 Å². The summed E-state index contributed by atoms with van der Waals surface area (Å²) in [6.07, 6.45) is 0. The summed E-state index contributed by atoms with van der Waals surface area (Å²) < 4.78 is 14.9. The molecule has 1 amide bonds. The van der Waals surface area contributed by atoms with Crippen molar-refractivity contribution in [2.45, 2.75) is 27.7 Å². The van der Waals surface area contributed by atoms with Crippen molar-refractivity contribution in [2.24, 2.45) is 0 Å². The lowest BCUT2D eigenvalue weighted by molar-refractivity contribution is -0.112. The Morgan fingerprint density at radius 2 is 1.56 bits per heavy atom. The second-order valence-electron chi connectivity index (χ2n) is 6.68. The highest BCUT2D eigenvalue weighted by Crippen LogP contribution is 2.23. The number of aromatic nitrogens is 1. The van der Waals surface area contributed by atoms with Gasteiger partial charge in [-0.2, -0.15) is 0 Å². The van der Waals surface area contributed by atoms with Crippen molar-refractivity contribution in [1.29, 1.82) is 0 Å². The number of aryl methyl sites for hydroxylation is 3. The van der Waals surface area contributed by atoms with Gasteiger partial charge < -0.3 is 9.88 Å². The lowest BCUT2D eigenvalue weighted by atomic mass is 10.1. The largest absolute Gasteiger partial charge is 0.319 e. The molecule has 0 aliphatic heterocycles. The molecule has 0 spiro atoms. The van der Waals surface area contributed by atoms with Crippen LogP contribution in [0.2, 0.25) is 0 Å². The van der Waals surface area contributed by atoms with Gasteiger partial charge in [-0.1, -0.05) is 6.07 Å². The van der Waals surface area contributed by atoms with Gasteiger partial charge in [0.05, 0.1) is 0 Å². The molecule has 0 aliphatic carbocycles. The summed E-state index contributed by atoms with van der Waals surface area (Å²) in [5.41, 5.74) is 5.59. The predicted molar refractivity (Wildman–Crippen MR) is 104 cm³/mol. The van der Waals surface area contributed by atoms with E-state index >= 15 is 0 Å². The highest BCUT2D eigenvalue weighted by atomic mass is 19.1. The van der Waals surface area contributed by atoms with Gasteiger partial charge >= 0.3 is 0 Å². The van der Waals surface area contributed by atoms with Crippen LogP contribution in [-0.2, 0) is 4.79 Å². The normalized spacial score (nSPS) is 10.7. The molecule has 0 unspecified atom stereocenters. The zero-order valence-electron chi connectivity index (χ0n) is 15.8. The first-order chi connectivity index (χ1) is 12.8. The lowest BCUT2D eigenvalue weighted by Crippen LogP contribution is -2.23. The number of anilines is 1. The molecule has 0 saturated heterocycles. The molecular weight excluding hydrogens is 343 g/mol. The molecule has 1 heterocycles. The minimum absolute atomic E-state index is 0.352. The molecule has 4 nitrogen and oxygen atoms in total. The molecule has 1 aromatic heterocycles. The Morgan fingerprint density at radius 3 is 2.19 bits per heavy atom. The fourth-order valence-corrected chi connectivity index (χ4v) is 3.10. The Kier molecular flexibility index (Phi) is 4.95. The highest BCUT2D eigenvalue weighted by Gasteiger charge is 2.23. The van der Waals surface area contributed by atoms with Gasteiger partial charge in [0.2, 0.25) is 0 Å². The zero-order chi connectivity index (χ0) is 19.7. The monoisotopic (exact) mass is 364 g/mol. The Hall–Kier alpha value is -3.21. The summed E-state index contributed by atoms with van der Waals surface area (Å²) in [6.45, 7) is 7.80. The van der Waals surface area contributed by atoms with E-state index in [1.807, 2.05) is 44.4 Å². The molecule has 138 valence electrons. The second kappa shape index (κ2) is 7.19. The predicted octanol–water partition coefficient (Wildman–Crippen LogP) is 4.67. The van der Waals surface area contributed by atoms with Crippen LogP contribution in [0.15, 0.2) is 48.5 Å². The standard InChI is InChI=1S/C22H21FN2O2/c1-13-5-10-19(11-14(13)2)25-15(3)12-20(16(25)4)21(26)22(27)24-18-8-6-17(23)7-9-18/h5-12H,1-4H3,(H,24,27). The van der Waals surface area contributed by atoms with Gasteiger partial charge in [0, 0.05) is 28.3 Å². The maximum atomic E-state index is 13.0. The van der Waals surface area contributed by atoms with Gasteiger partial charge in [-0.3, -0.25) is 9.59 Å². The SMILES string of the molecule is Cc1ccc(-n2c(C)cc(C(=O)C(=O)Nc3ccc(F)cc3)c2C)cc1C. The summed E-state index contributed by atoms with van der Waals surface area (Å²) in [5.74, 6) is -1.78. The van der Waals surface area contributed by atoms with Gasteiger partial charge in [0.15, 0.2) is 0 Å². The van der Waals surface area contributed by atoms with Crippen molar-refractivity contribution >= 4 is 17.4 Å². The smallest absolute Gasteiger partial charge is 0.296 e. The number of carbonyl (C=O) groups excluding carboxylic acids is 2. The molecule has 0 atom stereocenters. The molecule has 5 heteroatoms. The molecular formula is C22H21FN2O2. The van der Waals surface area contributed by atoms with Crippen molar-refractivity contribution in [2.75, 3.05) is 5.32 Å². The lowest BCUT2D eigenvalue weighted by Gasteiger charge is -2.12. The van der Waals surface area contributed by atoms with E-state index < -0.39 is 17.5 Å². The summed E-state index contributed by atoms with van der Waals surface area (Å²) in [4.78, 5) is 25.0. The molecule has 0 radical (unpaired) electrons. The summed E-state index contributed by atoms with van der Waals surface area (Å²) in [7, 11) is 0. The first-order valence-corrected chi connectivity index (χ1v) is 8.65. The first-order valence-electron chi connectivity index (χ1n) is 8.65. The maximum absolute atomic E-state index is 13.0. The third-order valence-corrected chi connectivity index (χ3v) is 4.73. The molecule has 2 aromatic carbocycles. The number of ketones is 1. The Bertz CT molecular complexity index is 1030. The Labute approximate surface area is 157 Å². The molecule has 0 bridgehead atoms. The molecule has 3 aromatic rings. The number of Topliss-reactive ketones (excluding diaryl/α,β-unsaturated/α-hetero) is 1. The first kappa shape index (κ1) is 18.6. The van der Waals surface area contributed by atoms with Crippen LogP contribution >= 0.6 is 0 Å². The number of carbonyl (C=O) groups is 2. The number of nitrogens with zero attached hydrogens (tertiary/aromatic N) is 1. The third-order valence-electron chi connectivity index (χ3n) is 4.73. The Morgan fingerprint density at radius 1 is 0.889 bits per heavy atom. The summed E-state index contributed by atoms with van der Waals surface area (Å²) in [5, 5.41) is 2.52. The van der Waals surface area contributed by atoms with Crippen molar-refractivity contribution in [3.8, 4) is 5.69 Å². The molecule has 0 fully saturated rings. The van der Waals surface area contributed by atoms with Gasteiger partial charge in [-0.05, 0) is 81.3 Å². The number of nitrogens with one attached hydrogen (secondary N) is 1.